The molecule has 2 aromatic carbocycles. The number of hydrogen-bond acceptors (Lipinski definition) is 7. The van der Waals surface area contributed by atoms with E-state index in [0.717, 1.165) is 9.60 Å². The molecule has 3 amide bonds. The summed E-state index contributed by atoms with van der Waals surface area (Å²) in [5, 5.41) is 2.96. The van der Waals surface area contributed by atoms with Crippen LogP contribution in [0.1, 0.15) is 20.7 Å². The minimum atomic E-state index is -0.522. The van der Waals surface area contributed by atoms with Gasteiger partial charge in [0.25, 0.3) is 11.8 Å². The summed E-state index contributed by atoms with van der Waals surface area (Å²) in [5.74, 6) is -0.333. The van der Waals surface area contributed by atoms with Gasteiger partial charge >= 0.3 is 0 Å². The number of carbonyl (C=O) groups excluding carboxylic acids is 3. The molecule has 0 bridgehead atoms. The van der Waals surface area contributed by atoms with E-state index in [2.05, 4.69) is 10.3 Å². The van der Waals surface area contributed by atoms with Crippen molar-refractivity contribution in [2.45, 2.75) is 0 Å². The number of aromatic nitrogens is 1. The molecule has 0 saturated carbocycles. The second kappa shape index (κ2) is 6.93. The first-order chi connectivity index (χ1) is 13.5. The summed E-state index contributed by atoms with van der Waals surface area (Å²) in [6.07, 6.45) is 0. The van der Waals surface area contributed by atoms with Crippen molar-refractivity contribution in [3.8, 4) is 11.5 Å². The minimum Gasteiger partial charge on any atom is -0.495 e. The van der Waals surface area contributed by atoms with Crippen LogP contribution < -0.4 is 14.8 Å². The van der Waals surface area contributed by atoms with E-state index in [0.29, 0.717) is 33.3 Å². The number of imide groups is 1. The highest BCUT2D eigenvalue weighted by Crippen LogP contribution is 2.38. The van der Waals surface area contributed by atoms with Crippen LogP contribution in [0.15, 0.2) is 36.4 Å². The van der Waals surface area contributed by atoms with Gasteiger partial charge < -0.3 is 14.8 Å². The highest BCUT2D eigenvalue weighted by Gasteiger charge is 2.36. The predicted octanol–water partition coefficient (Wildman–Crippen LogP) is 2.55. The summed E-state index contributed by atoms with van der Waals surface area (Å²) < 4.78 is 11.3. The van der Waals surface area contributed by atoms with Gasteiger partial charge in [-0.15, -0.1) is 0 Å². The third kappa shape index (κ3) is 2.85. The van der Waals surface area contributed by atoms with Gasteiger partial charge in [0.2, 0.25) is 5.91 Å². The van der Waals surface area contributed by atoms with E-state index in [4.69, 9.17) is 9.47 Å². The Balaban J connectivity index is 1.55. The van der Waals surface area contributed by atoms with Crippen LogP contribution >= 0.6 is 11.3 Å². The van der Waals surface area contributed by atoms with E-state index in [-0.39, 0.29) is 0 Å². The van der Waals surface area contributed by atoms with E-state index in [1.54, 1.807) is 43.5 Å². The number of nitrogens with one attached hydrogen (secondary N) is 1. The smallest absolute Gasteiger partial charge is 0.262 e. The summed E-state index contributed by atoms with van der Waals surface area (Å²) in [5.41, 5.74) is 1.16. The molecule has 1 aliphatic rings. The van der Waals surface area contributed by atoms with Gasteiger partial charge in [0.1, 0.15) is 28.3 Å². The number of carbonyl (C=O) groups is 3. The number of thiazole rings is 1. The average molecular weight is 397 g/mol. The van der Waals surface area contributed by atoms with Gasteiger partial charge in [-0.1, -0.05) is 23.5 Å². The highest BCUT2D eigenvalue weighted by atomic mass is 32.1. The van der Waals surface area contributed by atoms with Crippen LogP contribution in [0, 0.1) is 0 Å². The molecule has 2 heterocycles. The summed E-state index contributed by atoms with van der Waals surface area (Å²) in [7, 11) is 3.07. The van der Waals surface area contributed by atoms with Gasteiger partial charge in [0.15, 0.2) is 5.13 Å². The minimum absolute atomic E-state index is 0.301. The van der Waals surface area contributed by atoms with Crippen molar-refractivity contribution in [2.24, 2.45) is 0 Å². The molecule has 1 aromatic heterocycles. The topological polar surface area (TPSA) is 97.8 Å². The van der Waals surface area contributed by atoms with Crippen LogP contribution in [0.3, 0.4) is 0 Å². The Labute approximate surface area is 163 Å². The van der Waals surface area contributed by atoms with Crippen molar-refractivity contribution in [3.63, 3.8) is 0 Å². The maximum atomic E-state index is 12.4. The molecular weight excluding hydrogens is 382 g/mol. The van der Waals surface area contributed by atoms with Gasteiger partial charge in [-0.2, -0.15) is 0 Å². The lowest BCUT2D eigenvalue weighted by atomic mass is 10.1. The number of hydrogen-bond donors (Lipinski definition) is 1. The number of rotatable bonds is 5. The number of nitrogens with zero attached hydrogens (tertiary/aromatic N) is 2. The Morgan fingerprint density at radius 2 is 1.64 bits per heavy atom. The second-order valence-electron chi connectivity index (χ2n) is 5.96. The largest absolute Gasteiger partial charge is 0.495 e. The van der Waals surface area contributed by atoms with Crippen LogP contribution in [-0.4, -0.2) is 48.4 Å². The summed E-state index contributed by atoms with van der Waals surface area (Å²) >= 11 is 1.22. The first kappa shape index (κ1) is 17.9. The molecule has 0 aliphatic carbocycles. The number of fused-ring (bicyclic) bond motifs is 2. The van der Waals surface area contributed by atoms with E-state index >= 15 is 0 Å². The monoisotopic (exact) mass is 397 g/mol. The quantitative estimate of drug-likeness (QED) is 0.665. The molecule has 0 fully saturated rings. The SMILES string of the molecule is COc1ccc(OC)c2sc(NC(=O)CN3C(=O)c4ccccc4C3=O)nc12. The van der Waals surface area contributed by atoms with Crippen molar-refractivity contribution in [3.05, 3.63) is 47.5 Å². The third-order valence-electron chi connectivity index (χ3n) is 4.34. The fourth-order valence-corrected chi connectivity index (χ4v) is 4.01. The van der Waals surface area contributed by atoms with Crippen LogP contribution in [0.5, 0.6) is 11.5 Å². The first-order valence-electron chi connectivity index (χ1n) is 8.30. The number of amides is 3. The standard InChI is InChI=1S/C19H15N3O5S/c1-26-12-7-8-13(27-2)16-15(12)21-19(28-16)20-14(23)9-22-17(24)10-5-3-4-6-11(10)18(22)25/h3-8H,9H2,1-2H3,(H,20,21,23). The van der Waals surface area contributed by atoms with Crippen LogP contribution in [-0.2, 0) is 4.79 Å². The lowest BCUT2D eigenvalue weighted by molar-refractivity contribution is -0.116. The number of methoxy groups -OCH3 is 2. The van der Waals surface area contributed by atoms with Gasteiger partial charge in [0, 0.05) is 0 Å². The molecule has 1 N–H and O–H groups in total. The Hall–Kier alpha value is -3.46. The molecule has 4 rings (SSSR count). The lowest BCUT2D eigenvalue weighted by Gasteiger charge is -2.12. The zero-order chi connectivity index (χ0) is 19.8. The van der Waals surface area contributed by atoms with Crippen molar-refractivity contribution in [1.82, 2.24) is 9.88 Å². The number of anilines is 1. The zero-order valence-electron chi connectivity index (χ0n) is 15.0. The molecule has 8 nitrogen and oxygen atoms in total. The van der Waals surface area contributed by atoms with Crippen LogP contribution in [0.2, 0.25) is 0 Å². The van der Waals surface area contributed by atoms with E-state index in [9.17, 15) is 14.4 Å². The maximum absolute atomic E-state index is 12.4. The fourth-order valence-electron chi connectivity index (χ4n) is 3.02. The molecule has 0 atom stereocenters. The second-order valence-corrected chi connectivity index (χ2v) is 6.96. The Bertz CT molecular complexity index is 1050. The van der Waals surface area contributed by atoms with E-state index in [1.807, 2.05) is 0 Å². The Kier molecular flexibility index (Phi) is 4.44. The van der Waals surface area contributed by atoms with E-state index < -0.39 is 24.3 Å². The molecule has 0 saturated heterocycles. The normalized spacial score (nSPS) is 13.0. The zero-order valence-corrected chi connectivity index (χ0v) is 15.8. The molecule has 9 heteroatoms. The van der Waals surface area contributed by atoms with Gasteiger partial charge in [-0.3, -0.25) is 19.3 Å². The molecule has 0 spiro atoms. The number of benzene rings is 2. The van der Waals surface area contributed by atoms with Crippen molar-refractivity contribution in [1.29, 1.82) is 0 Å². The van der Waals surface area contributed by atoms with Gasteiger partial charge in [-0.05, 0) is 24.3 Å². The van der Waals surface area contributed by atoms with Crippen molar-refractivity contribution < 1.29 is 23.9 Å². The third-order valence-corrected chi connectivity index (χ3v) is 5.32. The van der Waals surface area contributed by atoms with Crippen LogP contribution in [0.25, 0.3) is 10.2 Å². The van der Waals surface area contributed by atoms with Gasteiger partial charge in [0.05, 0.1) is 25.3 Å². The highest BCUT2D eigenvalue weighted by molar-refractivity contribution is 7.22. The van der Waals surface area contributed by atoms with E-state index in [1.165, 1.54) is 18.4 Å². The first-order valence-corrected chi connectivity index (χ1v) is 9.11. The molecule has 1 aliphatic heterocycles. The molecule has 3 aromatic rings. The predicted molar refractivity (Wildman–Crippen MR) is 103 cm³/mol. The van der Waals surface area contributed by atoms with Crippen LogP contribution in [0.4, 0.5) is 5.13 Å². The van der Waals surface area contributed by atoms with Crippen molar-refractivity contribution in [2.75, 3.05) is 26.1 Å². The molecule has 0 unspecified atom stereocenters. The Morgan fingerprint density at radius 3 is 2.25 bits per heavy atom. The summed E-state index contributed by atoms with van der Waals surface area (Å²) in [4.78, 5) is 42.5. The molecule has 142 valence electrons. The average Bonchev–Trinajstić information content (AvgIpc) is 3.22. The fraction of sp³-hybridized carbons (Fsp3) is 0.158. The van der Waals surface area contributed by atoms with Crippen molar-refractivity contribution >= 4 is 44.4 Å². The van der Waals surface area contributed by atoms with Gasteiger partial charge in [-0.25, -0.2) is 4.98 Å². The Morgan fingerprint density at radius 1 is 1.04 bits per heavy atom. The summed E-state index contributed by atoms with van der Waals surface area (Å²) in [6.45, 7) is -0.392. The molecule has 28 heavy (non-hydrogen) atoms. The number of ether oxygens (including phenoxy) is 2. The maximum Gasteiger partial charge on any atom is 0.262 e. The molecular formula is C19H15N3O5S. The lowest BCUT2D eigenvalue weighted by Crippen LogP contribution is -2.37. The molecule has 0 radical (unpaired) electrons. The summed E-state index contributed by atoms with van der Waals surface area (Å²) in [6, 6.07) is 9.97.